The summed E-state index contributed by atoms with van der Waals surface area (Å²) >= 11 is 6.12. The number of benzene rings is 1. The fraction of sp³-hybridized carbons (Fsp3) is 0.333. The van der Waals surface area contributed by atoms with Crippen molar-refractivity contribution in [3.63, 3.8) is 0 Å². The van der Waals surface area contributed by atoms with Crippen molar-refractivity contribution in [2.75, 3.05) is 31.1 Å². The van der Waals surface area contributed by atoms with Gasteiger partial charge in [0.25, 0.3) is 0 Å². The average molecular weight is 520 g/mol. The molecule has 1 saturated heterocycles. The van der Waals surface area contributed by atoms with Gasteiger partial charge in [0.2, 0.25) is 5.91 Å². The number of H-pyrrole nitrogens is 1. The molecule has 190 valence electrons. The number of carbonyl (C=O) groups excluding carboxylic acids is 1. The number of nitrogens with zero attached hydrogens (tertiary/aromatic N) is 4. The van der Waals surface area contributed by atoms with Crippen molar-refractivity contribution in [2.24, 2.45) is 0 Å². The Morgan fingerprint density at radius 3 is 2.68 bits per heavy atom. The third-order valence-corrected chi connectivity index (χ3v) is 7.64. The van der Waals surface area contributed by atoms with Gasteiger partial charge in [-0.15, -0.1) is 0 Å². The minimum Gasteiger partial charge on any atom is -0.367 e. The molecule has 0 atom stereocenters. The number of carbonyl (C=O) groups is 1. The zero-order valence-corrected chi connectivity index (χ0v) is 21.0. The van der Waals surface area contributed by atoms with Crippen LogP contribution in [0, 0.1) is 5.82 Å². The van der Waals surface area contributed by atoms with Gasteiger partial charge in [-0.3, -0.25) is 14.9 Å². The fourth-order valence-electron chi connectivity index (χ4n) is 5.43. The van der Waals surface area contributed by atoms with Gasteiger partial charge < -0.3 is 15.5 Å². The van der Waals surface area contributed by atoms with E-state index in [4.69, 9.17) is 16.6 Å². The highest BCUT2D eigenvalue weighted by atomic mass is 35.5. The number of hydrogen-bond acceptors (Lipinski definition) is 6. The normalized spacial score (nSPS) is 18.0. The Labute approximate surface area is 218 Å². The number of anilines is 1. The highest BCUT2D eigenvalue weighted by molar-refractivity contribution is 6.30. The molecule has 1 aliphatic carbocycles. The van der Waals surface area contributed by atoms with E-state index in [9.17, 15) is 9.18 Å². The second-order valence-electron chi connectivity index (χ2n) is 9.67. The van der Waals surface area contributed by atoms with Gasteiger partial charge in [0.05, 0.1) is 46.0 Å². The van der Waals surface area contributed by atoms with Crippen molar-refractivity contribution in [1.29, 1.82) is 0 Å². The summed E-state index contributed by atoms with van der Waals surface area (Å²) in [5.74, 6) is -0.283. The van der Waals surface area contributed by atoms with Crippen LogP contribution in [0.2, 0.25) is 5.02 Å². The molecule has 1 saturated carbocycles. The van der Waals surface area contributed by atoms with Crippen LogP contribution in [0.1, 0.15) is 25.7 Å². The number of fused-ring (bicyclic) bond motifs is 1. The summed E-state index contributed by atoms with van der Waals surface area (Å²) in [5, 5.41) is 14.1. The van der Waals surface area contributed by atoms with E-state index in [2.05, 4.69) is 30.7 Å². The Hall–Kier alpha value is -3.56. The highest BCUT2D eigenvalue weighted by Crippen LogP contribution is 2.34. The van der Waals surface area contributed by atoms with Gasteiger partial charge in [0.1, 0.15) is 5.82 Å². The molecular weight excluding hydrogens is 493 g/mol. The van der Waals surface area contributed by atoms with Crippen LogP contribution in [0.4, 0.5) is 10.1 Å². The van der Waals surface area contributed by atoms with Gasteiger partial charge in [-0.2, -0.15) is 5.10 Å². The van der Waals surface area contributed by atoms with E-state index < -0.39 is 11.4 Å². The molecule has 4 aromatic rings. The first-order chi connectivity index (χ1) is 18.0. The Balaban J connectivity index is 1.30. The maximum atomic E-state index is 14.6. The number of aromatic nitrogens is 4. The molecule has 1 spiro atoms. The van der Waals surface area contributed by atoms with Crippen molar-refractivity contribution in [3.8, 4) is 22.5 Å². The summed E-state index contributed by atoms with van der Waals surface area (Å²) in [7, 11) is 0. The summed E-state index contributed by atoms with van der Waals surface area (Å²) < 4.78 is 14.6. The molecule has 37 heavy (non-hydrogen) atoms. The number of halogens is 2. The lowest BCUT2D eigenvalue weighted by Crippen LogP contribution is -2.55. The van der Waals surface area contributed by atoms with E-state index in [1.54, 1.807) is 12.3 Å². The molecule has 1 aliphatic heterocycles. The molecule has 2 fully saturated rings. The van der Waals surface area contributed by atoms with Crippen molar-refractivity contribution >= 4 is 34.2 Å². The smallest absolute Gasteiger partial charge is 0.240 e. The molecule has 4 heterocycles. The van der Waals surface area contributed by atoms with Gasteiger partial charge in [-0.05, 0) is 49.2 Å². The van der Waals surface area contributed by atoms with Crippen molar-refractivity contribution in [3.05, 3.63) is 59.6 Å². The molecule has 8 nitrogen and oxygen atoms in total. The Kier molecular flexibility index (Phi) is 6.26. The molecule has 10 heteroatoms. The molecule has 0 radical (unpaired) electrons. The SMILES string of the molecule is O=C1NCCN(c2cnc3ccc(-c4cn[nH]c4-c4cc(Cl)ccc4F)nc3c2)CCNC12CCCC2. The Bertz CT molecular complexity index is 1470. The molecule has 0 unspecified atom stereocenters. The third-order valence-electron chi connectivity index (χ3n) is 7.41. The molecule has 1 amide bonds. The second-order valence-corrected chi connectivity index (χ2v) is 10.1. The summed E-state index contributed by atoms with van der Waals surface area (Å²) in [4.78, 5) is 24.5. The van der Waals surface area contributed by atoms with Crippen LogP contribution in [0.25, 0.3) is 33.5 Å². The molecular formula is C27H27ClFN7O. The maximum absolute atomic E-state index is 14.6. The summed E-state index contributed by atoms with van der Waals surface area (Å²) in [5.41, 5.74) is 4.15. The number of rotatable bonds is 3. The highest BCUT2D eigenvalue weighted by Gasteiger charge is 2.40. The van der Waals surface area contributed by atoms with Crippen LogP contribution in [0.3, 0.4) is 0 Å². The lowest BCUT2D eigenvalue weighted by Gasteiger charge is -2.28. The zero-order valence-electron chi connectivity index (χ0n) is 20.2. The van der Waals surface area contributed by atoms with E-state index in [-0.39, 0.29) is 5.91 Å². The van der Waals surface area contributed by atoms with Crippen LogP contribution < -0.4 is 15.5 Å². The van der Waals surface area contributed by atoms with E-state index in [0.717, 1.165) is 48.9 Å². The quantitative estimate of drug-likeness (QED) is 0.373. The monoisotopic (exact) mass is 519 g/mol. The van der Waals surface area contributed by atoms with E-state index >= 15 is 0 Å². The zero-order chi connectivity index (χ0) is 25.4. The fourth-order valence-corrected chi connectivity index (χ4v) is 5.60. The van der Waals surface area contributed by atoms with Crippen LogP contribution in [0.15, 0.2) is 48.8 Å². The number of aromatic amines is 1. The number of amides is 1. The van der Waals surface area contributed by atoms with Crippen molar-refractivity contribution in [2.45, 2.75) is 31.2 Å². The van der Waals surface area contributed by atoms with Gasteiger partial charge in [-0.1, -0.05) is 24.4 Å². The standard InChI is InChI=1S/C27H27ClFN7O/c28-17-3-4-21(29)19(13-17)25-20(16-33-35-25)22-5-6-23-24(34-22)14-18(15-31-23)36-11-9-30-26(37)27(32-10-12-36)7-1-2-8-27/h3-6,13-16,32H,1-2,7-12H2,(H,30,37)(H,33,35). The minimum atomic E-state index is -0.432. The van der Waals surface area contributed by atoms with Crippen LogP contribution in [-0.4, -0.2) is 57.8 Å². The van der Waals surface area contributed by atoms with Crippen LogP contribution in [-0.2, 0) is 4.79 Å². The number of pyridine rings is 2. The minimum absolute atomic E-state index is 0.113. The lowest BCUT2D eigenvalue weighted by atomic mass is 9.96. The average Bonchev–Trinajstić information content (AvgIpc) is 3.60. The Morgan fingerprint density at radius 2 is 1.81 bits per heavy atom. The van der Waals surface area contributed by atoms with Crippen molar-refractivity contribution < 1.29 is 9.18 Å². The molecule has 2 aliphatic rings. The molecule has 1 aromatic carbocycles. The van der Waals surface area contributed by atoms with Crippen LogP contribution >= 0.6 is 11.6 Å². The first-order valence-electron chi connectivity index (χ1n) is 12.6. The van der Waals surface area contributed by atoms with E-state index in [1.165, 1.54) is 12.1 Å². The van der Waals surface area contributed by atoms with Crippen molar-refractivity contribution in [1.82, 2.24) is 30.8 Å². The summed E-state index contributed by atoms with van der Waals surface area (Å²) in [6.45, 7) is 2.71. The first-order valence-corrected chi connectivity index (χ1v) is 12.9. The predicted molar refractivity (Wildman–Crippen MR) is 142 cm³/mol. The third kappa shape index (κ3) is 4.53. The van der Waals surface area contributed by atoms with E-state index in [0.29, 0.717) is 47.2 Å². The van der Waals surface area contributed by atoms with Gasteiger partial charge in [-0.25, -0.2) is 9.37 Å². The Morgan fingerprint density at radius 1 is 0.973 bits per heavy atom. The number of nitrogens with one attached hydrogen (secondary N) is 3. The van der Waals surface area contributed by atoms with Crippen LogP contribution in [0.5, 0.6) is 0 Å². The molecule has 6 rings (SSSR count). The molecule has 0 bridgehead atoms. The van der Waals surface area contributed by atoms with Gasteiger partial charge in [0, 0.05) is 42.3 Å². The first kappa shape index (κ1) is 23.8. The van der Waals surface area contributed by atoms with E-state index in [1.807, 2.05) is 24.4 Å². The topological polar surface area (TPSA) is 98.8 Å². The van der Waals surface area contributed by atoms with Gasteiger partial charge >= 0.3 is 0 Å². The maximum Gasteiger partial charge on any atom is 0.240 e. The predicted octanol–water partition coefficient (Wildman–Crippen LogP) is 4.32. The largest absolute Gasteiger partial charge is 0.367 e. The molecule has 3 aromatic heterocycles. The van der Waals surface area contributed by atoms with Gasteiger partial charge in [0.15, 0.2) is 0 Å². The lowest BCUT2D eigenvalue weighted by molar-refractivity contribution is -0.127. The second kappa shape index (κ2) is 9.72. The number of hydrogen-bond donors (Lipinski definition) is 3. The summed E-state index contributed by atoms with van der Waals surface area (Å²) in [6.07, 6.45) is 7.41. The summed E-state index contributed by atoms with van der Waals surface area (Å²) in [6, 6.07) is 10.2. The molecule has 3 N–H and O–H groups in total.